The Kier molecular flexibility index (Phi) is 6.89. The molecule has 2 fully saturated rings. The van der Waals surface area contributed by atoms with Crippen LogP contribution in [0.25, 0.3) is 21.5 Å². The lowest BCUT2D eigenvalue weighted by Crippen LogP contribution is -2.49. The molecule has 13 heteroatoms. The number of carbonyl (C=O) groups excluding carboxylic acids is 2. The molecule has 0 radical (unpaired) electrons. The fourth-order valence-electron chi connectivity index (χ4n) is 7.34. The zero-order valence-corrected chi connectivity index (χ0v) is 25.6. The summed E-state index contributed by atoms with van der Waals surface area (Å²) in [6.07, 6.45) is 6.29. The molecule has 2 saturated carbocycles. The predicted octanol–water partition coefficient (Wildman–Crippen LogP) is 5.81. The molecule has 4 aromatic rings. The van der Waals surface area contributed by atoms with Crippen LogP contribution >= 0.6 is 46.4 Å². The molecule has 43 heavy (non-hydrogen) atoms. The van der Waals surface area contributed by atoms with Crippen molar-refractivity contribution in [3.63, 3.8) is 0 Å². The molecule has 0 unspecified atom stereocenters. The van der Waals surface area contributed by atoms with E-state index in [0.717, 1.165) is 41.6 Å². The number of halogens is 4. The molecule has 1 aliphatic heterocycles. The molecular weight excluding hydrogens is 640 g/mol. The number of hydrogen-bond acceptors (Lipinski definition) is 6. The molecule has 2 aromatic carbocycles. The summed E-state index contributed by atoms with van der Waals surface area (Å²) in [6.45, 7) is 0. The molecule has 0 N–H and O–H groups in total. The summed E-state index contributed by atoms with van der Waals surface area (Å²) in [7, 11) is 0. The van der Waals surface area contributed by atoms with Crippen LogP contribution in [0.3, 0.4) is 0 Å². The molecule has 3 aliphatic rings. The molecule has 2 aromatic heterocycles. The second-order valence-corrected chi connectivity index (χ2v) is 13.1. The molecule has 2 amide bonds. The van der Waals surface area contributed by atoms with Crippen molar-refractivity contribution in [1.29, 1.82) is 0 Å². The summed E-state index contributed by atoms with van der Waals surface area (Å²) >= 11 is 25.0. The molecule has 0 spiro atoms. The first kappa shape index (κ1) is 28.8. The molecule has 2 atom stereocenters. The zero-order valence-electron chi connectivity index (χ0n) is 22.6. The van der Waals surface area contributed by atoms with Gasteiger partial charge < -0.3 is 0 Å². The van der Waals surface area contributed by atoms with Crippen LogP contribution in [0.4, 0.5) is 0 Å². The summed E-state index contributed by atoms with van der Waals surface area (Å²) in [5, 5.41) is -0.466. The van der Waals surface area contributed by atoms with Crippen molar-refractivity contribution in [2.45, 2.75) is 75.9 Å². The third kappa shape index (κ3) is 3.97. The van der Waals surface area contributed by atoms with Crippen LogP contribution in [0, 0.1) is 0 Å². The minimum Gasteiger partial charge on any atom is -0.271 e. The van der Waals surface area contributed by atoms with Crippen LogP contribution in [-0.4, -0.2) is 31.9 Å². The van der Waals surface area contributed by atoms with Gasteiger partial charge in [0.25, 0.3) is 34.1 Å². The van der Waals surface area contributed by atoms with E-state index in [0.29, 0.717) is 25.7 Å². The van der Waals surface area contributed by atoms with Gasteiger partial charge in [-0.15, -0.1) is 0 Å². The van der Waals surface area contributed by atoms with Gasteiger partial charge in [0.2, 0.25) is 0 Å². The summed E-state index contributed by atoms with van der Waals surface area (Å²) < 4.78 is 2.34. The van der Waals surface area contributed by atoms with Crippen molar-refractivity contribution in [1.82, 2.24) is 14.0 Å². The first-order valence-corrected chi connectivity index (χ1v) is 15.7. The lowest BCUT2D eigenvalue weighted by atomic mass is 9.89. The normalized spacial score (nSPS) is 21.4. The van der Waals surface area contributed by atoms with Gasteiger partial charge in [0, 0.05) is 6.04 Å². The monoisotopic (exact) mass is 661 g/mol. The SMILES string of the molecule is O=C1c2c(Cl)c(Cl)c(Cl)c(Cl)c2C(=O)N1[C@@H]1CCCC[C@H]1n1c(=O)c2cc3c(=O)n(C4CCCCC4)c(=O)c3cc2c1=O. The Bertz CT molecular complexity index is 1990. The minimum absolute atomic E-state index is 0.0201. The Morgan fingerprint density at radius 3 is 1.35 bits per heavy atom. The van der Waals surface area contributed by atoms with E-state index in [9.17, 15) is 28.8 Å². The maximum absolute atomic E-state index is 13.8. The fourth-order valence-corrected chi connectivity index (χ4v) is 8.36. The second-order valence-electron chi connectivity index (χ2n) is 11.6. The first-order valence-electron chi connectivity index (χ1n) is 14.2. The van der Waals surface area contributed by atoms with E-state index in [1.54, 1.807) is 0 Å². The summed E-state index contributed by atoms with van der Waals surface area (Å²) in [5.74, 6) is -1.48. The summed E-state index contributed by atoms with van der Waals surface area (Å²) in [4.78, 5) is 82.7. The topological polar surface area (TPSA) is 116 Å². The zero-order chi connectivity index (χ0) is 30.5. The molecule has 0 saturated heterocycles. The van der Waals surface area contributed by atoms with Gasteiger partial charge in [0.05, 0.1) is 64.8 Å². The lowest BCUT2D eigenvalue weighted by Gasteiger charge is -2.36. The Morgan fingerprint density at radius 2 is 0.884 bits per heavy atom. The number of amides is 2. The third-order valence-electron chi connectivity index (χ3n) is 9.38. The molecular formula is C30H23Cl4N3O6. The van der Waals surface area contributed by atoms with Crippen LogP contribution in [0.2, 0.25) is 20.1 Å². The maximum Gasteiger partial charge on any atom is 0.263 e. The molecule has 9 nitrogen and oxygen atoms in total. The highest BCUT2D eigenvalue weighted by atomic mass is 35.5. The van der Waals surface area contributed by atoms with Crippen LogP contribution in [-0.2, 0) is 0 Å². The number of aromatic nitrogens is 2. The van der Waals surface area contributed by atoms with E-state index < -0.39 is 46.1 Å². The average Bonchev–Trinajstić information content (AvgIpc) is 3.52. The largest absolute Gasteiger partial charge is 0.271 e. The number of rotatable bonds is 3. The van der Waals surface area contributed by atoms with E-state index in [-0.39, 0.29) is 58.8 Å². The Labute approximate surface area is 263 Å². The Hall–Kier alpha value is -2.98. The number of nitrogens with zero attached hydrogens (tertiary/aromatic N) is 3. The van der Waals surface area contributed by atoms with E-state index in [1.807, 2.05) is 0 Å². The van der Waals surface area contributed by atoms with Gasteiger partial charge in [-0.2, -0.15) is 0 Å². The Balaban J connectivity index is 1.35. The van der Waals surface area contributed by atoms with E-state index in [1.165, 1.54) is 16.7 Å². The standard InChI is InChI=1S/C30H23Cl4N3O6/c31-21-19-20(22(32)24(34)23(21)33)30(43)37(29(19)42)18-9-5-4-8-17(18)36-27(40)15-10-13-14(11-16(15)28(36)41)26(39)35(25(13)38)12-6-2-1-3-7-12/h10-12,17-18H,1-9H2/t17-,18-/m1/s1. The quantitative estimate of drug-likeness (QED) is 0.155. The van der Waals surface area contributed by atoms with Crippen molar-refractivity contribution < 1.29 is 9.59 Å². The highest BCUT2D eigenvalue weighted by Crippen LogP contribution is 2.47. The fraction of sp³-hybridized carbons (Fsp3) is 0.400. The number of carbonyl (C=O) groups is 2. The highest BCUT2D eigenvalue weighted by molar-refractivity contribution is 6.55. The van der Waals surface area contributed by atoms with Crippen molar-refractivity contribution in [2.75, 3.05) is 0 Å². The number of imide groups is 1. The molecule has 2 aliphatic carbocycles. The number of hydrogen-bond donors (Lipinski definition) is 0. The van der Waals surface area contributed by atoms with Crippen LogP contribution in [0.1, 0.15) is 90.6 Å². The maximum atomic E-state index is 13.8. The molecule has 7 rings (SSSR count). The smallest absolute Gasteiger partial charge is 0.263 e. The molecule has 222 valence electrons. The van der Waals surface area contributed by atoms with Crippen LogP contribution in [0.5, 0.6) is 0 Å². The van der Waals surface area contributed by atoms with Gasteiger partial charge in [-0.25, -0.2) is 0 Å². The average molecular weight is 663 g/mol. The first-order chi connectivity index (χ1) is 20.5. The molecule has 0 bridgehead atoms. The van der Waals surface area contributed by atoms with Crippen molar-refractivity contribution >= 4 is 79.8 Å². The van der Waals surface area contributed by atoms with Gasteiger partial charge in [-0.3, -0.25) is 42.8 Å². The number of fused-ring (bicyclic) bond motifs is 3. The van der Waals surface area contributed by atoms with Gasteiger partial charge in [-0.1, -0.05) is 78.5 Å². The van der Waals surface area contributed by atoms with Crippen molar-refractivity contribution in [2.24, 2.45) is 0 Å². The Morgan fingerprint density at radius 1 is 0.488 bits per heavy atom. The second kappa shape index (κ2) is 10.3. The van der Waals surface area contributed by atoms with Crippen molar-refractivity contribution in [3.8, 4) is 0 Å². The van der Waals surface area contributed by atoms with E-state index >= 15 is 0 Å². The minimum atomic E-state index is -0.870. The van der Waals surface area contributed by atoms with E-state index in [2.05, 4.69) is 0 Å². The highest BCUT2D eigenvalue weighted by Gasteiger charge is 2.48. The third-order valence-corrected chi connectivity index (χ3v) is 11.2. The van der Waals surface area contributed by atoms with Gasteiger partial charge in [0.1, 0.15) is 0 Å². The lowest BCUT2D eigenvalue weighted by molar-refractivity contribution is 0.0477. The van der Waals surface area contributed by atoms with Gasteiger partial charge >= 0.3 is 0 Å². The number of benzene rings is 2. The summed E-state index contributed by atoms with van der Waals surface area (Å²) in [5.41, 5.74) is -2.55. The molecule has 3 heterocycles. The van der Waals surface area contributed by atoms with Crippen LogP contribution in [0.15, 0.2) is 31.3 Å². The van der Waals surface area contributed by atoms with E-state index in [4.69, 9.17) is 46.4 Å². The predicted molar refractivity (Wildman–Crippen MR) is 165 cm³/mol. The van der Waals surface area contributed by atoms with Crippen molar-refractivity contribution in [3.05, 3.63) is 84.8 Å². The van der Waals surface area contributed by atoms with Crippen LogP contribution < -0.4 is 22.2 Å². The van der Waals surface area contributed by atoms with Gasteiger partial charge in [0.15, 0.2) is 0 Å². The summed E-state index contributed by atoms with van der Waals surface area (Å²) in [6, 6.07) is 0.763. The van der Waals surface area contributed by atoms with Gasteiger partial charge in [-0.05, 0) is 37.8 Å².